The topological polar surface area (TPSA) is 110 Å². The second-order valence-electron chi connectivity index (χ2n) is 3.92. The van der Waals surface area contributed by atoms with E-state index in [1.54, 1.807) is 13.8 Å². The molecule has 1 heterocycles. The standard InChI is InChI=1S/C8H14N2O5S.K/c1-4(2)7(11)9-6-5(3)10(8(6)12)16(13,14)15;/h4-6H,1-3H3,(H,9,11)(H,13,14,15);/q;+1/p-1/t5-,6-;/m0./s1. The van der Waals surface area contributed by atoms with Crippen molar-refractivity contribution in [3.63, 3.8) is 0 Å². The maximum atomic E-state index is 11.3. The van der Waals surface area contributed by atoms with Crippen LogP contribution in [0.25, 0.3) is 0 Å². The number of nitrogens with zero attached hydrogens (tertiary/aromatic N) is 2. The molecule has 9 heteroatoms. The molecule has 1 amide bonds. The molecule has 0 spiro atoms. The number of carbonyl (C=O) groups is 1. The molecular weight excluding hydrogens is 275 g/mol. The maximum Gasteiger partial charge on any atom is 1.00 e. The fourth-order valence-electron chi connectivity index (χ4n) is 1.36. The molecule has 1 fully saturated rings. The van der Waals surface area contributed by atoms with E-state index < -0.39 is 34.2 Å². The van der Waals surface area contributed by atoms with E-state index in [0.717, 1.165) is 0 Å². The third kappa shape index (κ3) is 3.72. The summed E-state index contributed by atoms with van der Waals surface area (Å²) in [5.74, 6) is -1.68. The van der Waals surface area contributed by atoms with Gasteiger partial charge in [-0.25, -0.2) is 4.31 Å². The summed E-state index contributed by atoms with van der Waals surface area (Å²) in [5.41, 5.74) is 0. The molecule has 0 aromatic heterocycles. The average molecular weight is 288 g/mol. The molecule has 1 aliphatic heterocycles. The van der Waals surface area contributed by atoms with Gasteiger partial charge in [0.1, 0.15) is 6.04 Å². The molecule has 1 rings (SSSR count). The van der Waals surface area contributed by atoms with E-state index in [1.165, 1.54) is 6.92 Å². The van der Waals surface area contributed by atoms with Crippen molar-refractivity contribution in [3.8, 4) is 0 Å². The molecule has 0 bridgehead atoms. The Hall–Kier alpha value is 0.486. The molecule has 92 valence electrons. The number of aliphatic imine (C=N–C) groups is 1. The molecule has 0 aromatic rings. The normalized spacial score (nSPS) is 25.6. The molecule has 0 aliphatic carbocycles. The minimum atomic E-state index is -4.54. The first-order valence-corrected chi connectivity index (χ1v) is 6.11. The van der Waals surface area contributed by atoms with Crippen molar-refractivity contribution in [3.05, 3.63) is 0 Å². The number of carbonyl (C=O) groups excluding carboxylic acids is 1. The van der Waals surface area contributed by atoms with Gasteiger partial charge in [0.15, 0.2) is 0 Å². The van der Waals surface area contributed by atoms with Gasteiger partial charge in [0.2, 0.25) is 0 Å². The van der Waals surface area contributed by atoms with Crippen LogP contribution in [0.1, 0.15) is 20.8 Å². The van der Waals surface area contributed by atoms with Crippen molar-refractivity contribution in [1.29, 1.82) is 0 Å². The summed E-state index contributed by atoms with van der Waals surface area (Å²) < 4.78 is 30.5. The first-order chi connectivity index (χ1) is 7.16. The van der Waals surface area contributed by atoms with Crippen LogP contribution in [-0.4, -0.2) is 41.2 Å². The summed E-state index contributed by atoms with van der Waals surface area (Å²) in [7, 11) is -4.54. The van der Waals surface area contributed by atoms with Crippen LogP contribution in [0.4, 0.5) is 0 Å². The quantitative estimate of drug-likeness (QED) is 0.186. The Morgan fingerprint density at radius 2 is 2.00 bits per heavy atom. The maximum absolute atomic E-state index is 11.3. The molecule has 1 N–H and O–H groups in total. The second-order valence-corrected chi connectivity index (χ2v) is 5.21. The number of amides is 1. The van der Waals surface area contributed by atoms with Gasteiger partial charge in [0.05, 0.1) is 6.04 Å². The van der Waals surface area contributed by atoms with Crippen LogP contribution in [-0.2, 0) is 15.1 Å². The number of rotatable bonds is 3. The zero-order valence-electron chi connectivity index (χ0n) is 10.1. The van der Waals surface area contributed by atoms with Crippen molar-refractivity contribution >= 4 is 22.1 Å². The second kappa shape index (κ2) is 6.09. The average Bonchev–Trinajstić information content (AvgIpc) is 2.11. The molecule has 0 radical (unpaired) electrons. The number of β-lactam (4-membered cyclic amide) rings is 1. The Labute approximate surface area is 143 Å². The third-order valence-corrected chi connectivity index (χ3v) is 3.32. The van der Waals surface area contributed by atoms with Gasteiger partial charge in [-0.1, -0.05) is 13.8 Å². The Balaban J connectivity index is 0.00000256. The predicted molar refractivity (Wildman–Crippen MR) is 53.9 cm³/mol. The van der Waals surface area contributed by atoms with Gasteiger partial charge < -0.3 is 5.11 Å². The third-order valence-electron chi connectivity index (χ3n) is 2.31. The summed E-state index contributed by atoms with van der Waals surface area (Å²) in [6.07, 6.45) is 0. The van der Waals surface area contributed by atoms with Crippen molar-refractivity contribution in [2.45, 2.75) is 32.9 Å². The molecule has 2 atom stereocenters. The van der Waals surface area contributed by atoms with Crippen LogP contribution in [0, 0.1) is 5.92 Å². The van der Waals surface area contributed by atoms with E-state index in [0.29, 0.717) is 4.31 Å². The van der Waals surface area contributed by atoms with E-state index in [4.69, 9.17) is 4.55 Å². The molecule has 0 unspecified atom stereocenters. The summed E-state index contributed by atoms with van der Waals surface area (Å²) in [5, 5.41) is 11.2. The van der Waals surface area contributed by atoms with Crippen LogP contribution < -0.4 is 56.5 Å². The monoisotopic (exact) mass is 288 g/mol. The molecule has 0 aromatic carbocycles. The minimum Gasteiger partial charge on any atom is -0.862 e. The molecule has 1 saturated heterocycles. The SMILES string of the molecule is CC(C)C([O-])=N[C@@H]1C(=O)N(S(=O)(=O)O)[C@H]1C.[K+]. The minimum absolute atomic E-state index is 0. The van der Waals surface area contributed by atoms with Gasteiger partial charge in [-0.3, -0.25) is 14.3 Å². The zero-order chi connectivity index (χ0) is 12.7. The number of hydrogen-bond donors (Lipinski definition) is 1. The van der Waals surface area contributed by atoms with Gasteiger partial charge in [0, 0.05) is 0 Å². The Morgan fingerprint density at radius 3 is 2.29 bits per heavy atom. The fraction of sp³-hybridized carbons (Fsp3) is 0.750. The Morgan fingerprint density at radius 1 is 1.53 bits per heavy atom. The molecule has 0 saturated carbocycles. The molecule has 1 aliphatic rings. The van der Waals surface area contributed by atoms with E-state index in [2.05, 4.69) is 4.99 Å². The van der Waals surface area contributed by atoms with Gasteiger partial charge in [-0.2, -0.15) is 8.42 Å². The van der Waals surface area contributed by atoms with Gasteiger partial charge >= 0.3 is 61.7 Å². The first-order valence-electron chi connectivity index (χ1n) is 4.71. The van der Waals surface area contributed by atoms with Crippen LogP contribution in [0.2, 0.25) is 0 Å². The van der Waals surface area contributed by atoms with Crippen LogP contribution in [0.3, 0.4) is 0 Å². The largest absolute Gasteiger partial charge is 1.00 e. The van der Waals surface area contributed by atoms with E-state index in [-0.39, 0.29) is 57.3 Å². The van der Waals surface area contributed by atoms with Crippen LogP contribution >= 0.6 is 0 Å². The van der Waals surface area contributed by atoms with E-state index >= 15 is 0 Å². The summed E-state index contributed by atoms with van der Waals surface area (Å²) >= 11 is 0. The van der Waals surface area contributed by atoms with Gasteiger partial charge in [-0.15, -0.1) is 0 Å². The summed E-state index contributed by atoms with van der Waals surface area (Å²) in [6.45, 7) is 4.65. The molecule has 17 heavy (non-hydrogen) atoms. The summed E-state index contributed by atoms with van der Waals surface area (Å²) in [6, 6.07) is -1.82. The molecule has 7 nitrogen and oxygen atoms in total. The smallest absolute Gasteiger partial charge is 0.862 e. The van der Waals surface area contributed by atoms with Crippen molar-refractivity contribution in [2.75, 3.05) is 0 Å². The zero-order valence-corrected chi connectivity index (χ0v) is 14.1. The van der Waals surface area contributed by atoms with Crippen LogP contribution in [0.15, 0.2) is 4.99 Å². The Kier molecular flexibility index (Phi) is 6.26. The van der Waals surface area contributed by atoms with Crippen molar-refractivity contribution < 1.29 is 74.3 Å². The summed E-state index contributed by atoms with van der Waals surface area (Å²) in [4.78, 5) is 14.9. The van der Waals surface area contributed by atoms with E-state index in [1.807, 2.05) is 0 Å². The van der Waals surface area contributed by atoms with Crippen molar-refractivity contribution in [2.24, 2.45) is 10.9 Å². The van der Waals surface area contributed by atoms with E-state index in [9.17, 15) is 18.3 Å². The van der Waals surface area contributed by atoms with Crippen LogP contribution in [0.5, 0.6) is 0 Å². The van der Waals surface area contributed by atoms with Gasteiger partial charge in [0.25, 0.3) is 5.91 Å². The number of hydrogen-bond acceptors (Lipinski definition) is 5. The molecular formula is C8H13KN2O5S. The van der Waals surface area contributed by atoms with Crippen molar-refractivity contribution in [1.82, 2.24) is 4.31 Å². The Bertz CT molecular complexity index is 433. The first kappa shape index (κ1) is 17.5. The van der Waals surface area contributed by atoms with Gasteiger partial charge in [-0.05, 0) is 18.7 Å². The predicted octanol–water partition coefficient (Wildman–Crippen LogP) is -4.19. The fourth-order valence-corrected chi connectivity index (χ4v) is 2.23.